The van der Waals surface area contributed by atoms with Gasteiger partial charge < -0.3 is 14.7 Å². The van der Waals surface area contributed by atoms with Crippen LogP contribution >= 0.6 is 0 Å². The van der Waals surface area contributed by atoms with Crippen molar-refractivity contribution in [3.05, 3.63) is 46.8 Å². The predicted octanol–water partition coefficient (Wildman–Crippen LogP) is 2.59. The second kappa shape index (κ2) is 6.47. The van der Waals surface area contributed by atoms with Crippen molar-refractivity contribution < 1.29 is 14.1 Å². The van der Waals surface area contributed by atoms with Crippen LogP contribution in [0.4, 0.5) is 5.69 Å². The SMILES string of the molecule is Cc1noc(C)c1CNC(=O)c1ccccc1N(C)C(=O)C1CC1. The molecule has 6 nitrogen and oxygen atoms in total. The first kappa shape index (κ1) is 16.2. The average Bonchev–Trinajstić information content (AvgIpc) is 3.38. The number of hydrogen-bond acceptors (Lipinski definition) is 4. The molecule has 3 rings (SSSR count). The summed E-state index contributed by atoms with van der Waals surface area (Å²) in [6.45, 7) is 4.00. The van der Waals surface area contributed by atoms with Gasteiger partial charge in [-0.2, -0.15) is 0 Å². The van der Waals surface area contributed by atoms with E-state index in [1.807, 2.05) is 19.9 Å². The van der Waals surface area contributed by atoms with Crippen LogP contribution in [0.2, 0.25) is 0 Å². The van der Waals surface area contributed by atoms with Crippen molar-refractivity contribution in [1.82, 2.24) is 10.5 Å². The third-order valence-electron chi connectivity index (χ3n) is 4.37. The van der Waals surface area contributed by atoms with Crippen LogP contribution in [0.15, 0.2) is 28.8 Å². The van der Waals surface area contributed by atoms with Crippen molar-refractivity contribution in [2.24, 2.45) is 5.92 Å². The number of nitrogens with one attached hydrogen (secondary N) is 1. The fourth-order valence-corrected chi connectivity index (χ4v) is 2.70. The number of aryl methyl sites for hydroxylation is 2. The van der Waals surface area contributed by atoms with Crippen LogP contribution in [0.5, 0.6) is 0 Å². The number of nitrogens with zero attached hydrogens (tertiary/aromatic N) is 2. The van der Waals surface area contributed by atoms with Crippen molar-refractivity contribution in [1.29, 1.82) is 0 Å². The molecule has 24 heavy (non-hydrogen) atoms. The molecule has 6 heteroatoms. The highest BCUT2D eigenvalue weighted by Crippen LogP contribution is 2.33. The maximum absolute atomic E-state index is 12.6. The van der Waals surface area contributed by atoms with E-state index >= 15 is 0 Å². The van der Waals surface area contributed by atoms with Crippen LogP contribution in [-0.4, -0.2) is 24.0 Å². The molecule has 126 valence electrons. The van der Waals surface area contributed by atoms with E-state index in [4.69, 9.17) is 4.52 Å². The molecule has 2 aromatic rings. The molecular weight excluding hydrogens is 306 g/mol. The summed E-state index contributed by atoms with van der Waals surface area (Å²) in [5, 5.41) is 6.77. The minimum absolute atomic E-state index is 0.0703. The third-order valence-corrected chi connectivity index (χ3v) is 4.37. The summed E-state index contributed by atoms with van der Waals surface area (Å²) >= 11 is 0. The molecule has 0 bridgehead atoms. The van der Waals surface area contributed by atoms with E-state index in [1.165, 1.54) is 0 Å². The highest BCUT2D eigenvalue weighted by molar-refractivity contribution is 6.05. The first-order chi connectivity index (χ1) is 11.5. The standard InChI is InChI=1S/C18H21N3O3/c1-11-15(12(2)24-20-11)10-19-17(22)14-6-4-5-7-16(14)21(3)18(23)13-8-9-13/h4-7,13H,8-10H2,1-3H3,(H,19,22). The van der Waals surface area contributed by atoms with Gasteiger partial charge in [0.15, 0.2) is 0 Å². The molecule has 1 aliphatic carbocycles. The van der Waals surface area contributed by atoms with Crippen molar-refractivity contribution >= 4 is 17.5 Å². The summed E-state index contributed by atoms with van der Waals surface area (Å²) in [6, 6.07) is 7.15. The number of carbonyl (C=O) groups is 2. The molecule has 1 saturated carbocycles. The Hall–Kier alpha value is -2.63. The van der Waals surface area contributed by atoms with Gasteiger partial charge in [-0.25, -0.2) is 0 Å². The lowest BCUT2D eigenvalue weighted by atomic mass is 10.1. The lowest BCUT2D eigenvalue weighted by Crippen LogP contribution is -2.31. The van der Waals surface area contributed by atoms with Gasteiger partial charge in [-0.1, -0.05) is 17.3 Å². The van der Waals surface area contributed by atoms with E-state index in [0.29, 0.717) is 23.6 Å². The second-order valence-corrected chi connectivity index (χ2v) is 6.17. The van der Waals surface area contributed by atoms with Gasteiger partial charge in [0.05, 0.1) is 16.9 Å². The van der Waals surface area contributed by atoms with Gasteiger partial charge in [-0.3, -0.25) is 9.59 Å². The summed E-state index contributed by atoms with van der Waals surface area (Å²) in [6.07, 6.45) is 1.87. The zero-order chi connectivity index (χ0) is 17.3. The summed E-state index contributed by atoms with van der Waals surface area (Å²) in [5.41, 5.74) is 2.76. The van der Waals surface area contributed by atoms with Gasteiger partial charge in [0.2, 0.25) is 5.91 Å². The number of aromatic nitrogens is 1. The molecule has 0 saturated heterocycles. The van der Waals surface area contributed by atoms with Crippen LogP contribution in [0.25, 0.3) is 0 Å². The summed E-state index contributed by atoms with van der Waals surface area (Å²) in [5.74, 6) is 0.651. The Morgan fingerprint density at radius 2 is 2.00 bits per heavy atom. The number of anilines is 1. The van der Waals surface area contributed by atoms with E-state index in [0.717, 1.165) is 24.1 Å². The van der Waals surface area contributed by atoms with E-state index < -0.39 is 0 Å². The molecule has 0 spiro atoms. The molecule has 1 aliphatic rings. The zero-order valence-electron chi connectivity index (χ0n) is 14.1. The smallest absolute Gasteiger partial charge is 0.253 e. The van der Waals surface area contributed by atoms with Gasteiger partial charge in [0, 0.05) is 25.1 Å². The quantitative estimate of drug-likeness (QED) is 0.916. The van der Waals surface area contributed by atoms with E-state index in [9.17, 15) is 9.59 Å². The lowest BCUT2D eigenvalue weighted by molar-refractivity contribution is -0.119. The van der Waals surface area contributed by atoms with E-state index in [-0.39, 0.29) is 17.7 Å². The average molecular weight is 327 g/mol. The van der Waals surface area contributed by atoms with Crippen LogP contribution in [-0.2, 0) is 11.3 Å². The monoisotopic (exact) mass is 327 g/mol. The number of benzene rings is 1. The normalized spacial score (nSPS) is 13.6. The predicted molar refractivity (Wildman–Crippen MR) is 89.7 cm³/mol. The molecule has 2 amide bonds. The van der Waals surface area contributed by atoms with Crippen molar-refractivity contribution in [2.75, 3.05) is 11.9 Å². The summed E-state index contributed by atoms with van der Waals surface area (Å²) < 4.78 is 5.11. The molecule has 0 aliphatic heterocycles. The molecule has 0 radical (unpaired) electrons. The molecule has 1 N–H and O–H groups in total. The molecule has 0 unspecified atom stereocenters. The van der Waals surface area contributed by atoms with Gasteiger partial charge in [0.1, 0.15) is 5.76 Å². The van der Waals surface area contributed by atoms with Gasteiger partial charge in [-0.05, 0) is 38.8 Å². The summed E-state index contributed by atoms with van der Waals surface area (Å²) in [7, 11) is 1.72. The Morgan fingerprint density at radius 1 is 1.29 bits per heavy atom. The Morgan fingerprint density at radius 3 is 2.62 bits per heavy atom. The van der Waals surface area contributed by atoms with Crippen LogP contribution in [0, 0.1) is 19.8 Å². The Balaban J connectivity index is 1.76. The number of hydrogen-bond donors (Lipinski definition) is 1. The van der Waals surface area contributed by atoms with Crippen molar-refractivity contribution in [3.63, 3.8) is 0 Å². The van der Waals surface area contributed by atoms with Crippen molar-refractivity contribution in [3.8, 4) is 0 Å². The largest absolute Gasteiger partial charge is 0.361 e. The van der Waals surface area contributed by atoms with Gasteiger partial charge in [-0.15, -0.1) is 0 Å². The second-order valence-electron chi connectivity index (χ2n) is 6.17. The Kier molecular flexibility index (Phi) is 4.38. The van der Waals surface area contributed by atoms with E-state index in [1.54, 1.807) is 30.1 Å². The van der Waals surface area contributed by atoms with Crippen molar-refractivity contribution in [2.45, 2.75) is 33.2 Å². The molecule has 1 aromatic carbocycles. The fraction of sp³-hybridized carbons (Fsp3) is 0.389. The van der Waals surface area contributed by atoms with Crippen LogP contribution in [0.3, 0.4) is 0 Å². The number of rotatable bonds is 5. The van der Waals surface area contributed by atoms with Gasteiger partial charge in [0.25, 0.3) is 5.91 Å². The minimum Gasteiger partial charge on any atom is -0.361 e. The Bertz CT molecular complexity index is 758. The first-order valence-corrected chi connectivity index (χ1v) is 8.05. The summed E-state index contributed by atoms with van der Waals surface area (Å²) in [4.78, 5) is 26.5. The molecule has 1 aromatic heterocycles. The number of carbonyl (C=O) groups excluding carboxylic acids is 2. The molecule has 1 heterocycles. The zero-order valence-corrected chi connectivity index (χ0v) is 14.1. The minimum atomic E-state index is -0.221. The Labute approximate surface area is 140 Å². The molecular formula is C18H21N3O3. The number of amides is 2. The maximum atomic E-state index is 12.6. The third kappa shape index (κ3) is 3.18. The molecule has 1 fully saturated rings. The van der Waals surface area contributed by atoms with Crippen LogP contribution in [0.1, 0.15) is 40.2 Å². The topological polar surface area (TPSA) is 75.4 Å². The lowest BCUT2D eigenvalue weighted by Gasteiger charge is -2.20. The fourth-order valence-electron chi connectivity index (χ4n) is 2.70. The maximum Gasteiger partial charge on any atom is 0.253 e. The first-order valence-electron chi connectivity index (χ1n) is 8.05. The number of para-hydroxylation sites is 1. The molecule has 0 atom stereocenters. The highest BCUT2D eigenvalue weighted by atomic mass is 16.5. The highest BCUT2D eigenvalue weighted by Gasteiger charge is 2.33. The van der Waals surface area contributed by atoms with E-state index in [2.05, 4.69) is 10.5 Å². The van der Waals surface area contributed by atoms with Gasteiger partial charge >= 0.3 is 0 Å². The van der Waals surface area contributed by atoms with Crippen LogP contribution < -0.4 is 10.2 Å².